The molecule has 0 aromatic heterocycles. The lowest BCUT2D eigenvalue weighted by Gasteiger charge is -2.23. The highest BCUT2D eigenvalue weighted by atomic mass is 32.2. The van der Waals surface area contributed by atoms with Crippen LogP contribution < -0.4 is 5.32 Å². The summed E-state index contributed by atoms with van der Waals surface area (Å²) in [5.41, 5.74) is 9.62. The quantitative estimate of drug-likeness (QED) is 0.0123. The van der Waals surface area contributed by atoms with Gasteiger partial charge in [0.25, 0.3) is 0 Å². The van der Waals surface area contributed by atoms with Crippen LogP contribution in [0.25, 0.3) is 0 Å². The van der Waals surface area contributed by atoms with Crippen LogP contribution in [0.3, 0.4) is 0 Å². The molecule has 1 amide bonds. The van der Waals surface area contributed by atoms with E-state index < -0.39 is 40.3 Å². The summed E-state index contributed by atoms with van der Waals surface area (Å²) in [5.74, 6) is 2.40. The van der Waals surface area contributed by atoms with Gasteiger partial charge < -0.3 is 38.5 Å². The molecule has 0 saturated carbocycles. The smallest absolute Gasteiger partial charge is 0.333 e. The van der Waals surface area contributed by atoms with Gasteiger partial charge >= 0.3 is 35.8 Å². The van der Waals surface area contributed by atoms with Crippen molar-refractivity contribution < 1.29 is 76.3 Å². The first-order valence-electron chi connectivity index (χ1n) is 49.7. The zero-order valence-electron chi connectivity index (χ0n) is 90.5. The molecule has 17 nitrogen and oxygen atoms in total. The van der Waals surface area contributed by atoms with E-state index in [1.807, 2.05) is 81.4 Å². The Morgan fingerprint density at radius 1 is 0.365 bits per heavy atom. The number of esters is 6. The molecule has 0 fully saturated rings. The topological polar surface area (TPSA) is 230 Å². The summed E-state index contributed by atoms with van der Waals surface area (Å²) >= 11 is 1.13. The normalized spacial score (nSPS) is 12.1. The largest absolute Gasteiger partial charge is 0.498 e. The van der Waals surface area contributed by atoms with Crippen molar-refractivity contribution >= 4 is 64.4 Å². The number of ether oxygens (including phenoxy) is 7. The standard InChI is InChI=1S/C17H28O6.C15H27NO2.C15H20O2.C12H20O3S.C10H18O3.5C10H14/c1-8-17(6,7)16(20)22-10-13(23-15(19)12(4)5)9-21-14(18)11(2)3;1-6-15(4,5)14(18)16-11-9-7-8-10-13(17)12(2)3;1-5-12(4)14-8-6-13(7-9-14)10-17-15(16)11(2)3;1-6-12(4,5)11(14)15-7-8-16-10(13)9(2)3;1-5-10(3,4)9(11)13-8-7-12-6-2;5*1-3-9(2)10-7-5-4-6-8-10/h11,13H,4,8-10H2,1-3,5-7H3;2,6-11H2,1,3-5H3,(H,16,18);6-9,12H,2,5,10H2,1,3-4H3;2,6-8H2,1,3-5H3;6H,2,5,7-8H2,1,3-4H3;5*4-9H,3H2,1-2H3. The minimum absolute atomic E-state index is 0.0502. The highest BCUT2D eigenvalue weighted by Crippen LogP contribution is 2.28. The molecule has 0 radical (unpaired) electrons. The van der Waals surface area contributed by atoms with Crippen molar-refractivity contribution in [3.63, 3.8) is 0 Å². The number of amides is 1. The van der Waals surface area contributed by atoms with E-state index in [2.05, 4.69) is 285 Å². The molecule has 1 N–H and O–H groups in total. The van der Waals surface area contributed by atoms with Gasteiger partial charge in [0.2, 0.25) is 11.0 Å². The summed E-state index contributed by atoms with van der Waals surface area (Å²) in [6, 6.07) is 61.4. The van der Waals surface area contributed by atoms with Crippen molar-refractivity contribution in [3.8, 4) is 0 Å². The molecule has 0 aliphatic rings. The van der Waals surface area contributed by atoms with Gasteiger partial charge in [-0.1, -0.05) is 365 Å². The molecule has 0 bridgehead atoms. The van der Waals surface area contributed by atoms with Crippen LogP contribution in [-0.4, -0.2) is 104 Å². The SMILES string of the molecule is C=C(C)C(=O)CCCCCNC(=O)C(C)(C)CC.C=C(C)C(=O)OC(COC(=O)C(C)C)COC(=O)C(C)(C)CC.C=C(C)C(=O)OCc1ccc(C(C)CC)cc1.C=C(C)C(=O)SCCOC(=O)C(C)(C)CC.C=COCCOC(=O)C(C)(C)CC.CCC(C)c1ccccc1.CCC(C)c1ccccc1.CCC(C)c1ccccc1.CCC(C)c1ccccc1.CCC(C)c1ccccc1. The van der Waals surface area contributed by atoms with Gasteiger partial charge in [-0.15, -0.1) is 0 Å². The number of thioether (sulfide) groups is 1. The lowest BCUT2D eigenvalue weighted by molar-refractivity contribution is -0.169. The van der Waals surface area contributed by atoms with E-state index in [1.165, 1.54) is 78.7 Å². The summed E-state index contributed by atoms with van der Waals surface area (Å²) in [6.45, 7) is 78.6. The van der Waals surface area contributed by atoms with Gasteiger partial charge in [-0.25, -0.2) is 9.59 Å². The predicted molar refractivity (Wildman–Crippen MR) is 575 cm³/mol. The fraction of sp³-hybridized carbons (Fsp3) is 0.538. The highest BCUT2D eigenvalue weighted by molar-refractivity contribution is 8.14. The lowest BCUT2D eigenvalue weighted by Crippen LogP contribution is -2.36. The number of allylic oxidation sites excluding steroid dienone is 1. The van der Waals surface area contributed by atoms with Crippen LogP contribution in [0.4, 0.5) is 0 Å². The van der Waals surface area contributed by atoms with Crippen LogP contribution in [0.2, 0.25) is 0 Å². The Labute approximate surface area is 836 Å². The van der Waals surface area contributed by atoms with Gasteiger partial charge in [0, 0.05) is 35.3 Å². The Morgan fingerprint density at radius 3 is 0.985 bits per heavy atom. The maximum atomic E-state index is 12.0. The molecule has 766 valence electrons. The van der Waals surface area contributed by atoms with E-state index in [0.29, 0.717) is 90.6 Å². The van der Waals surface area contributed by atoms with Crippen molar-refractivity contribution in [3.05, 3.63) is 276 Å². The van der Waals surface area contributed by atoms with E-state index in [-0.39, 0.29) is 78.0 Å². The van der Waals surface area contributed by atoms with E-state index in [4.69, 9.17) is 33.2 Å². The number of hydrogen-bond donors (Lipinski definition) is 1. The second-order valence-corrected chi connectivity index (χ2v) is 38.7. The van der Waals surface area contributed by atoms with Crippen LogP contribution in [0.1, 0.15) is 372 Å². The van der Waals surface area contributed by atoms with Crippen molar-refractivity contribution in [1.29, 1.82) is 0 Å². The van der Waals surface area contributed by atoms with E-state index >= 15 is 0 Å². The van der Waals surface area contributed by atoms with Crippen LogP contribution in [-0.2, 0) is 82.9 Å². The first-order chi connectivity index (χ1) is 64.4. The summed E-state index contributed by atoms with van der Waals surface area (Å²) < 4.78 is 35.4. The highest BCUT2D eigenvalue weighted by Gasteiger charge is 2.31. The molecular formula is C119H183NO16S. The molecule has 6 rings (SSSR count). The minimum atomic E-state index is -0.862. The number of Topliss-reactive ketones (excluding diaryl/α,β-unsaturated/α-hetero) is 1. The van der Waals surface area contributed by atoms with Crippen molar-refractivity contribution in [2.45, 2.75) is 346 Å². The second kappa shape index (κ2) is 77.7. The Kier molecular flexibility index (Phi) is 75.5. The molecule has 0 aliphatic carbocycles. The van der Waals surface area contributed by atoms with Crippen LogP contribution in [0.15, 0.2) is 237 Å². The summed E-state index contributed by atoms with van der Waals surface area (Å²) in [5, 5.41) is 2.89. The average Bonchev–Trinajstić information content (AvgIpc) is 0.892. The maximum Gasteiger partial charge on any atom is 0.333 e. The monoisotopic (exact) mass is 1910 g/mol. The zero-order chi connectivity index (χ0) is 105. The number of ketones is 1. The first-order valence-corrected chi connectivity index (χ1v) is 50.6. The molecule has 18 heteroatoms. The Balaban J connectivity index is -0.000000726. The Bertz CT molecular complexity index is 4040. The number of carbonyl (C=O) groups excluding carboxylic acids is 9. The van der Waals surface area contributed by atoms with E-state index in [1.54, 1.807) is 48.5 Å². The molecule has 0 heterocycles. The molecule has 7 unspecified atom stereocenters. The number of rotatable bonds is 45. The first kappa shape index (κ1) is 133. The Morgan fingerprint density at radius 2 is 0.686 bits per heavy atom. The second-order valence-electron chi connectivity index (χ2n) is 37.6. The fourth-order valence-electron chi connectivity index (χ4n) is 10.5. The van der Waals surface area contributed by atoms with Crippen molar-refractivity contribution in [2.24, 2.45) is 27.6 Å². The van der Waals surface area contributed by atoms with Crippen LogP contribution in [0.5, 0.6) is 0 Å². The molecular weight excluding hydrogens is 1730 g/mol. The minimum Gasteiger partial charge on any atom is -0.498 e. The van der Waals surface area contributed by atoms with Gasteiger partial charge in [0.15, 0.2) is 11.9 Å². The molecule has 0 spiro atoms. The van der Waals surface area contributed by atoms with Crippen LogP contribution in [0, 0.1) is 27.6 Å². The molecule has 0 aliphatic heterocycles. The summed E-state index contributed by atoms with van der Waals surface area (Å²) in [4.78, 5) is 103. The van der Waals surface area contributed by atoms with Gasteiger partial charge in [0.1, 0.15) is 39.6 Å². The van der Waals surface area contributed by atoms with Gasteiger partial charge in [-0.05, 0) is 232 Å². The van der Waals surface area contributed by atoms with Crippen molar-refractivity contribution in [2.75, 3.05) is 45.3 Å². The summed E-state index contributed by atoms with van der Waals surface area (Å²) in [6.07, 6.45) is 14.0. The Hall–Kier alpha value is -10.2. The van der Waals surface area contributed by atoms with E-state index in [9.17, 15) is 43.2 Å². The van der Waals surface area contributed by atoms with Gasteiger partial charge in [-0.2, -0.15) is 0 Å². The van der Waals surface area contributed by atoms with Crippen molar-refractivity contribution in [1.82, 2.24) is 5.32 Å². The van der Waals surface area contributed by atoms with Crippen LogP contribution >= 0.6 is 11.8 Å². The van der Waals surface area contributed by atoms with E-state index in [0.717, 1.165) is 62.3 Å². The molecule has 7 atom stereocenters. The number of benzene rings is 6. The lowest BCUT2D eigenvalue weighted by atomic mass is 9.89. The average molecular weight is 1920 g/mol. The molecule has 6 aromatic rings. The number of unbranched alkanes of at least 4 members (excludes halogenated alkanes) is 2. The number of carbonyl (C=O) groups is 9. The number of hydrogen-bond acceptors (Lipinski definition) is 17. The van der Waals surface area contributed by atoms with Gasteiger partial charge in [-0.3, -0.25) is 33.6 Å². The third-order valence-corrected chi connectivity index (χ3v) is 24.8. The number of nitrogens with one attached hydrogen (secondary N) is 1. The molecule has 137 heavy (non-hydrogen) atoms. The third kappa shape index (κ3) is 64.6. The fourth-order valence-corrected chi connectivity index (χ4v) is 11.1. The zero-order valence-corrected chi connectivity index (χ0v) is 91.3. The third-order valence-electron chi connectivity index (χ3n) is 23.8. The van der Waals surface area contributed by atoms with Gasteiger partial charge in [0.05, 0.1) is 28.4 Å². The maximum absolute atomic E-state index is 12.0. The summed E-state index contributed by atoms with van der Waals surface area (Å²) in [7, 11) is 0. The molecule has 6 aromatic carbocycles. The molecule has 0 saturated heterocycles. The predicted octanol–water partition coefficient (Wildman–Crippen LogP) is 30.6.